The highest BCUT2D eigenvalue weighted by Crippen LogP contribution is 2.11. The molecule has 0 fully saturated rings. The first-order valence-corrected chi connectivity index (χ1v) is 7.77. The van der Waals surface area contributed by atoms with Crippen molar-refractivity contribution in [3.8, 4) is 0 Å². The number of halogens is 2. The SMILES string of the molecule is CCCC(C)(N)C(=O)NCCNC(=O)c1cccc(Br)c1.Cl. The first-order valence-electron chi connectivity index (χ1n) is 6.98. The highest BCUT2D eigenvalue weighted by molar-refractivity contribution is 9.10. The summed E-state index contributed by atoms with van der Waals surface area (Å²) in [6, 6.07) is 7.13. The topological polar surface area (TPSA) is 84.2 Å². The summed E-state index contributed by atoms with van der Waals surface area (Å²) in [6.45, 7) is 4.41. The minimum atomic E-state index is -0.858. The molecule has 0 heterocycles. The monoisotopic (exact) mass is 391 g/mol. The Labute approximate surface area is 145 Å². The highest BCUT2D eigenvalue weighted by Gasteiger charge is 2.26. The Morgan fingerprint density at radius 1 is 1.27 bits per heavy atom. The van der Waals surface area contributed by atoms with Crippen molar-refractivity contribution in [2.75, 3.05) is 13.1 Å². The number of rotatable bonds is 7. The van der Waals surface area contributed by atoms with Gasteiger partial charge in [-0.25, -0.2) is 0 Å². The Hall–Kier alpha value is -1.11. The van der Waals surface area contributed by atoms with E-state index < -0.39 is 5.54 Å². The van der Waals surface area contributed by atoms with Gasteiger partial charge in [0, 0.05) is 23.1 Å². The van der Waals surface area contributed by atoms with E-state index in [1.165, 1.54) is 0 Å². The summed E-state index contributed by atoms with van der Waals surface area (Å²) in [5, 5.41) is 5.49. The van der Waals surface area contributed by atoms with E-state index >= 15 is 0 Å². The van der Waals surface area contributed by atoms with E-state index in [1.807, 2.05) is 13.0 Å². The summed E-state index contributed by atoms with van der Waals surface area (Å²) in [6.07, 6.45) is 1.48. The molecule has 0 saturated heterocycles. The predicted molar refractivity (Wildman–Crippen MR) is 94.2 cm³/mol. The molecule has 124 valence electrons. The number of carbonyl (C=O) groups excluding carboxylic acids is 2. The molecular weight excluding hydrogens is 370 g/mol. The van der Waals surface area contributed by atoms with Crippen molar-refractivity contribution in [3.63, 3.8) is 0 Å². The zero-order valence-corrected chi connectivity index (χ0v) is 15.2. The van der Waals surface area contributed by atoms with Gasteiger partial charge < -0.3 is 16.4 Å². The Morgan fingerprint density at radius 3 is 2.50 bits per heavy atom. The third kappa shape index (κ3) is 6.77. The van der Waals surface area contributed by atoms with E-state index in [0.29, 0.717) is 25.1 Å². The van der Waals surface area contributed by atoms with Crippen molar-refractivity contribution in [1.29, 1.82) is 0 Å². The maximum absolute atomic E-state index is 11.9. The Kier molecular flexibility index (Phi) is 9.32. The maximum atomic E-state index is 11.9. The van der Waals surface area contributed by atoms with Crippen LogP contribution in [0, 0.1) is 0 Å². The van der Waals surface area contributed by atoms with Crippen LogP contribution >= 0.6 is 28.3 Å². The molecule has 0 spiro atoms. The van der Waals surface area contributed by atoms with Crippen LogP contribution in [0.5, 0.6) is 0 Å². The van der Waals surface area contributed by atoms with E-state index in [1.54, 1.807) is 25.1 Å². The van der Waals surface area contributed by atoms with Gasteiger partial charge in [-0.1, -0.05) is 35.3 Å². The summed E-state index contributed by atoms with van der Waals surface area (Å²) >= 11 is 3.32. The standard InChI is InChI=1S/C15H22BrN3O2.ClH/c1-3-7-15(2,17)14(21)19-9-8-18-13(20)11-5-4-6-12(16)10-11;/h4-6,10H,3,7-9,17H2,1-2H3,(H,18,20)(H,19,21);1H. The molecule has 1 aromatic rings. The number of nitrogens with two attached hydrogens (primary N) is 1. The molecule has 0 aliphatic rings. The fourth-order valence-electron chi connectivity index (χ4n) is 1.92. The smallest absolute Gasteiger partial charge is 0.251 e. The maximum Gasteiger partial charge on any atom is 0.251 e. The van der Waals surface area contributed by atoms with E-state index in [0.717, 1.165) is 10.9 Å². The minimum Gasteiger partial charge on any atom is -0.353 e. The van der Waals surface area contributed by atoms with Gasteiger partial charge in [0.25, 0.3) is 5.91 Å². The van der Waals surface area contributed by atoms with Crippen LogP contribution in [0.1, 0.15) is 37.0 Å². The molecule has 1 rings (SSSR count). The van der Waals surface area contributed by atoms with Crippen LogP contribution in [0.4, 0.5) is 0 Å². The van der Waals surface area contributed by atoms with Gasteiger partial charge in [-0.05, 0) is 31.5 Å². The number of hydrogen-bond acceptors (Lipinski definition) is 3. The summed E-state index contributed by atoms with van der Waals surface area (Å²) in [7, 11) is 0. The zero-order chi connectivity index (χ0) is 15.9. The molecule has 0 aromatic heterocycles. The van der Waals surface area contributed by atoms with Crippen molar-refractivity contribution in [1.82, 2.24) is 10.6 Å². The van der Waals surface area contributed by atoms with Crippen LogP contribution in [0.25, 0.3) is 0 Å². The van der Waals surface area contributed by atoms with Gasteiger partial charge in [0.05, 0.1) is 5.54 Å². The molecule has 0 saturated carbocycles. The average molecular weight is 393 g/mol. The van der Waals surface area contributed by atoms with Crippen molar-refractivity contribution in [3.05, 3.63) is 34.3 Å². The first-order chi connectivity index (χ1) is 9.86. The molecule has 0 aliphatic heterocycles. The molecule has 5 nitrogen and oxygen atoms in total. The molecule has 1 atom stereocenters. The van der Waals surface area contributed by atoms with Crippen LogP contribution in [0.2, 0.25) is 0 Å². The number of nitrogens with one attached hydrogen (secondary N) is 2. The van der Waals surface area contributed by atoms with Crippen LogP contribution in [-0.4, -0.2) is 30.4 Å². The molecule has 0 radical (unpaired) electrons. The molecule has 7 heteroatoms. The molecule has 0 aliphatic carbocycles. The van der Waals surface area contributed by atoms with E-state index in [4.69, 9.17) is 5.73 Å². The molecule has 22 heavy (non-hydrogen) atoms. The lowest BCUT2D eigenvalue weighted by Crippen LogP contribution is -2.52. The normalized spacial score (nSPS) is 12.7. The molecule has 2 amide bonds. The quantitative estimate of drug-likeness (QED) is 0.622. The Balaban J connectivity index is 0.00000441. The molecule has 4 N–H and O–H groups in total. The lowest BCUT2D eigenvalue weighted by Gasteiger charge is -2.22. The highest BCUT2D eigenvalue weighted by atomic mass is 79.9. The van der Waals surface area contributed by atoms with Gasteiger partial charge in [-0.2, -0.15) is 0 Å². The van der Waals surface area contributed by atoms with Crippen LogP contribution in [-0.2, 0) is 4.79 Å². The molecule has 1 aromatic carbocycles. The fraction of sp³-hybridized carbons (Fsp3) is 0.467. The average Bonchev–Trinajstić information content (AvgIpc) is 2.43. The molecule has 0 bridgehead atoms. The second kappa shape index (κ2) is 9.82. The van der Waals surface area contributed by atoms with Crippen LogP contribution < -0.4 is 16.4 Å². The first kappa shape index (κ1) is 20.9. The minimum absolute atomic E-state index is 0. The Bertz CT molecular complexity index is 509. The largest absolute Gasteiger partial charge is 0.353 e. The van der Waals surface area contributed by atoms with E-state index in [-0.39, 0.29) is 24.2 Å². The number of hydrogen-bond donors (Lipinski definition) is 3. The summed E-state index contributed by atoms with van der Waals surface area (Å²) < 4.78 is 0.849. The second-order valence-electron chi connectivity index (χ2n) is 5.19. The van der Waals surface area contributed by atoms with E-state index in [2.05, 4.69) is 26.6 Å². The van der Waals surface area contributed by atoms with Crippen molar-refractivity contribution >= 4 is 40.2 Å². The lowest BCUT2D eigenvalue weighted by molar-refractivity contribution is -0.126. The Morgan fingerprint density at radius 2 is 1.91 bits per heavy atom. The van der Waals surface area contributed by atoms with Crippen molar-refractivity contribution < 1.29 is 9.59 Å². The fourth-order valence-corrected chi connectivity index (χ4v) is 2.32. The van der Waals surface area contributed by atoms with Gasteiger partial charge in [-0.15, -0.1) is 12.4 Å². The summed E-state index contributed by atoms with van der Waals surface area (Å²) in [4.78, 5) is 23.7. The van der Waals surface area contributed by atoms with Crippen LogP contribution in [0.3, 0.4) is 0 Å². The number of carbonyl (C=O) groups is 2. The summed E-state index contributed by atoms with van der Waals surface area (Å²) in [5.41, 5.74) is 5.63. The van der Waals surface area contributed by atoms with Gasteiger partial charge in [0.1, 0.15) is 0 Å². The molecular formula is C15H23BrClN3O2. The third-order valence-corrected chi connectivity index (χ3v) is 3.56. The second-order valence-corrected chi connectivity index (χ2v) is 6.11. The zero-order valence-electron chi connectivity index (χ0n) is 12.8. The lowest BCUT2D eigenvalue weighted by atomic mass is 9.97. The van der Waals surface area contributed by atoms with Gasteiger partial charge in [0.15, 0.2) is 0 Å². The molecule has 1 unspecified atom stereocenters. The number of amides is 2. The summed E-state index contributed by atoms with van der Waals surface area (Å²) in [5.74, 6) is -0.365. The number of benzene rings is 1. The van der Waals surface area contributed by atoms with Gasteiger partial charge in [-0.3, -0.25) is 9.59 Å². The van der Waals surface area contributed by atoms with Crippen molar-refractivity contribution in [2.45, 2.75) is 32.2 Å². The van der Waals surface area contributed by atoms with Gasteiger partial charge >= 0.3 is 0 Å². The predicted octanol–water partition coefficient (Wildman–Crippen LogP) is 2.23. The third-order valence-electron chi connectivity index (χ3n) is 3.07. The van der Waals surface area contributed by atoms with Crippen molar-refractivity contribution in [2.24, 2.45) is 5.73 Å². The van der Waals surface area contributed by atoms with Crippen LogP contribution in [0.15, 0.2) is 28.7 Å². The van der Waals surface area contributed by atoms with Gasteiger partial charge in [0.2, 0.25) is 5.91 Å². The van der Waals surface area contributed by atoms with E-state index in [9.17, 15) is 9.59 Å².